The van der Waals surface area contributed by atoms with E-state index in [9.17, 15) is 0 Å². The van der Waals surface area contributed by atoms with Gasteiger partial charge in [-0.05, 0) is 111 Å². The Labute approximate surface area is 281 Å². The van der Waals surface area contributed by atoms with E-state index in [1.165, 1.54) is 51.9 Å². The predicted octanol–water partition coefficient (Wildman–Crippen LogP) is 12.8. The van der Waals surface area contributed by atoms with Gasteiger partial charge in [-0.2, -0.15) is 0 Å². The van der Waals surface area contributed by atoms with Crippen molar-refractivity contribution in [2.24, 2.45) is 0 Å². The van der Waals surface area contributed by atoms with Crippen LogP contribution in [0, 0.1) is 0 Å². The second-order valence-electron chi connectivity index (χ2n) is 15.9. The van der Waals surface area contributed by atoms with Crippen molar-refractivity contribution in [1.82, 2.24) is 0 Å². The molecule has 0 radical (unpaired) electrons. The van der Waals surface area contributed by atoms with Crippen LogP contribution in [-0.2, 0) is 21.7 Å². The van der Waals surface area contributed by atoms with Crippen LogP contribution in [0.4, 0.5) is 17.1 Å². The zero-order valence-corrected chi connectivity index (χ0v) is 29.4. The second-order valence-corrected chi connectivity index (χ2v) is 16.4. The second kappa shape index (κ2) is 10.6. The van der Waals surface area contributed by atoms with Crippen LogP contribution >= 0.6 is 11.6 Å². The number of benzene rings is 5. The zero-order chi connectivity index (χ0) is 32.6. The van der Waals surface area contributed by atoms with E-state index in [1.807, 2.05) is 0 Å². The normalized spacial score (nSPS) is 18.2. The quantitative estimate of drug-likeness (QED) is 0.192. The Morgan fingerprint density at radius 1 is 0.435 bits per heavy atom. The van der Waals surface area contributed by atoms with Gasteiger partial charge in [0, 0.05) is 32.9 Å². The highest BCUT2D eigenvalue weighted by molar-refractivity contribution is 6.31. The number of fused-ring (bicyclic) bond motifs is 3. The highest BCUT2D eigenvalue weighted by atomic mass is 35.5. The molecule has 0 N–H and O–H groups in total. The average Bonchev–Trinajstić information content (AvgIpc) is 3.03. The molecule has 0 unspecified atom stereocenters. The van der Waals surface area contributed by atoms with Crippen molar-refractivity contribution >= 4 is 28.7 Å². The van der Waals surface area contributed by atoms with E-state index in [0.717, 1.165) is 27.5 Å². The Kier molecular flexibility index (Phi) is 7.11. The monoisotopic (exact) mass is 623 g/mol. The maximum absolute atomic E-state index is 6.94. The molecule has 0 aromatic heterocycles. The highest BCUT2D eigenvalue weighted by Crippen LogP contribution is 2.52. The molecule has 0 fully saturated rings. The molecule has 2 aliphatic carbocycles. The molecule has 0 amide bonds. The molecule has 7 rings (SSSR count). The standard InChI is InChI=1S/C44H46ClN/c1-41(2)22-23-42(3,4)39-27-32(18-20-35(39)41)46(34-25-30(24-31(45)26-34)29-14-10-9-11-15-29)33-19-21-38-40(28-33)44(7,8)37-17-13-12-16-36(37)43(38,5)6/h9-21,24-28H,22-23H2,1-8H3. The number of anilines is 3. The molecule has 2 aliphatic rings. The van der Waals surface area contributed by atoms with Crippen LogP contribution in [0.2, 0.25) is 5.02 Å². The van der Waals surface area contributed by atoms with E-state index in [4.69, 9.17) is 11.6 Å². The topological polar surface area (TPSA) is 3.24 Å². The first-order valence-electron chi connectivity index (χ1n) is 16.8. The SMILES string of the molecule is CC1(C)CCC(C)(C)c2cc(N(c3cc(Cl)cc(-c4ccccc4)c3)c3ccc4c(c3)C(C)(C)c3ccccc3C4(C)C)ccc21. The summed E-state index contributed by atoms with van der Waals surface area (Å²) >= 11 is 6.94. The molecule has 2 heteroatoms. The maximum atomic E-state index is 6.94. The molecular formula is C44H46ClN. The molecule has 0 spiro atoms. The molecular weight excluding hydrogens is 578 g/mol. The zero-order valence-electron chi connectivity index (χ0n) is 28.6. The van der Waals surface area contributed by atoms with Crippen LogP contribution < -0.4 is 4.90 Å². The molecule has 0 aliphatic heterocycles. The van der Waals surface area contributed by atoms with Crippen molar-refractivity contribution in [1.29, 1.82) is 0 Å². The molecule has 234 valence electrons. The lowest BCUT2D eigenvalue weighted by Gasteiger charge is -2.44. The van der Waals surface area contributed by atoms with Crippen molar-refractivity contribution in [2.45, 2.75) is 89.9 Å². The fourth-order valence-electron chi connectivity index (χ4n) is 8.26. The van der Waals surface area contributed by atoms with Crippen molar-refractivity contribution in [3.05, 3.63) is 148 Å². The molecule has 0 bridgehead atoms. The van der Waals surface area contributed by atoms with Gasteiger partial charge in [-0.3, -0.25) is 0 Å². The number of rotatable bonds is 4. The van der Waals surface area contributed by atoms with Gasteiger partial charge < -0.3 is 4.90 Å². The maximum Gasteiger partial charge on any atom is 0.0482 e. The fraction of sp³-hybridized carbons (Fsp3) is 0.318. The van der Waals surface area contributed by atoms with Gasteiger partial charge in [-0.25, -0.2) is 0 Å². The molecule has 0 saturated heterocycles. The van der Waals surface area contributed by atoms with Crippen LogP contribution in [0.3, 0.4) is 0 Å². The van der Waals surface area contributed by atoms with E-state index in [2.05, 4.69) is 169 Å². The summed E-state index contributed by atoms with van der Waals surface area (Å²) in [7, 11) is 0. The summed E-state index contributed by atoms with van der Waals surface area (Å²) in [6.45, 7) is 19.1. The highest BCUT2D eigenvalue weighted by Gasteiger charge is 2.42. The van der Waals surface area contributed by atoms with Crippen molar-refractivity contribution in [3.8, 4) is 11.1 Å². The van der Waals surface area contributed by atoms with Gasteiger partial charge >= 0.3 is 0 Å². The van der Waals surface area contributed by atoms with Gasteiger partial charge in [0.2, 0.25) is 0 Å². The molecule has 0 atom stereocenters. The minimum atomic E-state index is -0.144. The first-order chi connectivity index (χ1) is 21.7. The van der Waals surface area contributed by atoms with E-state index < -0.39 is 0 Å². The molecule has 5 aromatic rings. The first-order valence-corrected chi connectivity index (χ1v) is 17.1. The molecule has 0 saturated carbocycles. The van der Waals surface area contributed by atoms with E-state index in [1.54, 1.807) is 0 Å². The number of hydrogen-bond donors (Lipinski definition) is 0. The lowest BCUT2D eigenvalue weighted by Crippen LogP contribution is -2.36. The lowest BCUT2D eigenvalue weighted by atomic mass is 9.60. The summed E-state index contributed by atoms with van der Waals surface area (Å²) in [4.78, 5) is 2.43. The van der Waals surface area contributed by atoms with Crippen molar-refractivity contribution < 1.29 is 0 Å². The molecule has 0 heterocycles. The average molecular weight is 624 g/mol. The van der Waals surface area contributed by atoms with E-state index in [-0.39, 0.29) is 21.7 Å². The third-order valence-electron chi connectivity index (χ3n) is 11.2. The van der Waals surface area contributed by atoms with Gasteiger partial charge in [0.15, 0.2) is 0 Å². The molecule has 46 heavy (non-hydrogen) atoms. The Balaban J connectivity index is 1.47. The third-order valence-corrected chi connectivity index (χ3v) is 11.4. The van der Waals surface area contributed by atoms with Crippen LogP contribution in [0.1, 0.15) is 102 Å². The lowest BCUT2D eigenvalue weighted by molar-refractivity contribution is 0.332. The summed E-state index contributed by atoms with van der Waals surface area (Å²) in [5, 5.41) is 0.731. The van der Waals surface area contributed by atoms with E-state index >= 15 is 0 Å². The Morgan fingerprint density at radius 2 is 0.935 bits per heavy atom. The van der Waals surface area contributed by atoms with Crippen LogP contribution in [-0.4, -0.2) is 0 Å². The summed E-state index contributed by atoms with van der Waals surface area (Å²) in [5.41, 5.74) is 14.2. The van der Waals surface area contributed by atoms with Gasteiger partial charge in [0.05, 0.1) is 0 Å². The van der Waals surface area contributed by atoms with Gasteiger partial charge in [0.1, 0.15) is 0 Å². The summed E-state index contributed by atoms with van der Waals surface area (Å²) in [6, 6.07) is 40.4. The predicted molar refractivity (Wildman–Crippen MR) is 198 cm³/mol. The first kappa shape index (κ1) is 30.8. The number of hydrogen-bond acceptors (Lipinski definition) is 1. The van der Waals surface area contributed by atoms with Crippen molar-refractivity contribution in [3.63, 3.8) is 0 Å². The molecule has 1 nitrogen and oxygen atoms in total. The van der Waals surface area contributed by atoms with Crippen LogP contribution in [0.5, 0.6) is 0 Å². The van der Waals surface area contributed by atoms with Gasteiger partial charge in [-0.1, -0.05) is 134 Å². The minimum absolute atomic E-state index is 0.0945. The summed E-state index contributed by atoms with van der Waals surface area (Å²) in [6.07, 6.45) is 2.37. The van der Waals surface area contributed by atoms with Gasteiger partial charge in [-0.15, -0.1) is 0 Å². The summed E-state index contributed by atoms with van der Waals surface area (Å²) < 4.78 is 0. The van der Waals surface area contributed by atoms with Crippen LogP contribution in [0.25, 0.3) is 11.1 Å². The Morgan fingerprint density at radius 3 is 1.57 bits per heavy atom. The Hall–Kier alpha value is -3.81. The largest absolute Gasteiger partial charge is 0.310 e. The van der Waals surface area contributed by atoms with Crippen molar-refractivity contribution in [2.75, 3.05) is 4.90 Å². The fourth-order valence-corrected chi connectivity index (χ4v) is 8.49. The summed E-state index contributed by atoms with van der Waals surface area (Å²) in [5.74, 6) is 0. The van der Waals surface area contributed by atoms with E-state index in [0.29, 0.717) is 0 Å². The van der Waals surface area contributed by atoms with Gasteiger partial charge in [0.25, 0.3) is 0 Å². The number of nitrogens with zero attached hydrogens (tertiary/aromatic N) is 1. The molecule has 5 aromatic carbocycles. The minimum Gasteiger partial charge on any atom is -0.310 e. The number of halogens is 1. The smallest absolute Gasteiger partial charge is 0.0482 e. The van der Waals surface area contributed by atoms with Crippen LogP contribution in [0.15, 0.2) is 109 Å². The Bertz CT molecular complexity index is 1960. The third kappa shape index (κ3) is 4.90.